The largest absolute Gasteiger partial charge is 0.365 e. The highest BCUT2D eigenvalue weighted by molar-refractivity contribution is 6.29. The first-order valence-corrected chi connectivity index (χ1v) is 7.96. The van der Waals surface area contributed by atoms with E-state index < -0.39 is 0 Å². The van der Waals surface area contributed by atoms with Crippen molar-refractivity contribution in [3.63, 3.8) is 0 Å². The van der Waals surface area contributed by atoms with Gasteiger partial charge in [0.2, 0.25) is 0 Å². The average molecular weight is 330 g/mol. The summed E-state index contributed by atoms with van der Waals surface area (Å²) < 4.78 is 1.86. The second-order valence-corrected chi connectivity index (χ2v) is 5.95. The number of aromatic nitrogens is 5. The lowest BCUT2D eigenvalue weighted by Gasteiger charge is -2.24. The lowest BCUT2D eigenvalue weighted by atomic mass is 10.1. The molecule has 0 bridgehead atoms. The number of halogens is 1. The van der Waals surface area contributed by atoms with Gasteiger partial charge < -0.3 is 10.6 Å². The summed E-state index contributed by atoms with van der Waals surface area (Å²) in [6, 6.07) is 2.12. The molecule has 0 unspecified atom stereocenters. The average Bonchev–Trinajstić information content (AvgIpc) is 2.99. The molecule has 0 aromatic carbocycles. The molecule has 1 fully saturated rings. The fourth-order valence-corrected chi connectivity index (χ4v) is 2.94. The van der Waals surface area contributed by atoms with Crippen LogP contribution in [0.1, 0.15) is 12.8 Å². The van der Waals surface area contributed by atoms with Gasteiger partial charge in [0.1, 0.15) is 17.3 Å². The van der Waals surface area contributed by atoms with Gasteiger partial charge in [-0.05, 0) is 19.4 Å². The zero-order valence-corrected chi connectivity index (χ0v) is 13.2. The van der Waals surface area contributed by atoms with Crippen LogP contribution in [-0.2, 0) is 0 Å². The zero-order valence-electron chi connectivity index (χ0n) is 12.4. The topological polar surface area (TPSA) is 80.5 Å². The summed E-state index contributed by atoms with van der Waals surface area (Å²) in [5.74, 6) is 1.46. The highest BCUT2D eigenvalue weighted by atomic mass is 35.5. The number of hydrogen-bond acceptors (Lipinski definition) is 6. The van der Waals surface area contributed by atoms with Crippen LogP contribution >= 0.6 is 11.6 Å². The van der Waals surface area contributed by atoms with E-state index in [1.807, 2.05) is 4.57 Å². The van der Waals surface area contributed by atoms with E-state index >= 15 is 0 Å². The lowest BCUT2D eigenvalue weighted by molar-refractivity contribution is 0.479. The molecule has 0 spiro atoms. The lowest BCUT2D eigenvalue weighted by Crippen LogP contribution is -2.38. The molecule has 7 nitrogen and oxygen atoms in total. The number of piperidine rings is 1. The molecule has 1 saturated heterocycles. The molecule has 8 heteroatoms. The van der Waals surface area contributed by atoms with Crippen LogP contribution in [0.2, 0.25) is 5.15 Å². The molecule has 2 N–H and O–H groups in total. The Morgan fingerprint density at radius 2 is 2.22 bits per heavy atom. The van der Waals surface area contributed by atoms with Gasteiger partial charge in [-0.15, -0.1) is 0 Å². The predicted octanol–water partition coefficient (Wildman–Crippen LogP) is 2.03. The molecule has 23 heavy (non-hydrogen) atoms. The van der Waals surface area contributed by atoms with Crippen molar-refractivity contribution in [3.05, 3.63) is 36.1 Å². The first-order chi connectivity index (χ1) is 11.3. The maximum atomic E-state index is 5.90. The highest BCUT2D eigenvalue weighted by Gasteiger charge is 2.14. The molecule has 1 aliphatic rings. The molecule has 0 saturated carbocycles. The van der Waals surface area contributed by atoms with Crippen LogP contribution in [0, 0.1) is 0 Å². The molecule has 0 radical (unpaired) electrons. The minimum absolute atomic E-state index is 0.383. The van der Waals surface area contributed by atoms with Gasteiger partial charge in [0.05, 0.1) is 29.6 Å². The number of fused-ring (bicyclic) bond motifs is 1. The van der Waals surface area contributed by atoms with E-state index in [1.54, 1.807) is 31.0 Å². The van der Waals surface area contributed by atoms with Gasteiger partial charge in [0.25, 0.3) is 0 Å². The van der Waals surface area contributed by atoms with Crippen molar-refractivity contribution >= 4 is 28.5 Å². The number of hydrogen-bond donors (Lipinski definition) is 2. The third-order valence-electron chi connectivity index (χ3n) is 3.92. The summed E-state index contributed by atoms with van der Waals surface area (Å²) in [4.78, 5) is 17.4. The van der Waals surface area contributed by atoms with Crippen molar-refractivity contribution in [2.45, 2.75) is 18.9 Å². The Hall–Kier alpha value is -2.25. The Labute approximate surface area is 138 Å². The third kappa shape index (κ3) is 2.97. The molecular weight excluding hydrogens is 314 g/mol. The monoisotopic (exact) mass is 329 g/mol. The number of anilines is 1. The van der Waals surface area contributed by atoms with Crippen LogP contribution in [0.3, 0.4) is 0 Å². The van der Waals surface area contributed by atoms with Crippen LogP contribution in [0.25, 0.3) is 16.9 Å². The summed E-state index contributed by atoms with van der Waals surface area (Å²) in [6.45, 7) is 2.03. The summed E-state index contributed by atoms with van der Waals surface area (Å²) in [7, 11) is 0. The van der Waals surface area contributed by atoms with Crippen LogP contribution in [0.5, 0.6) is 0 Å². The van der Waals surface area contributed by atoms with Crippen molar-refractivity contribution in [1.29, 1.82) is 0 Å². The van der Waals surface area contributed by atoms with Crippen LogP contribution < -0.4 is 10.6 Å². The van der Waals surface area contributed by atoms with Crippen molar-refractivity contribution in [3.8, 4) is 5.82 Å². The van der Waals surface area contributed by atoms with E-state index in [-0.39, 0.29) is 0 Å². The first-order valence-electron chi connectivity index (χ1n) is 7.58. The van der Waals surface area contributed by atoms with E-state index in [0.717, 1.165) is 36.4 Å². The Morgan fingerprint density at radius 3 is 3.09 bits per heavy atom. The van der Waals surface area contributed by atoms with Gasteiger partial charge in [-0.25, -0.2) is 15.0 Å². The van der Waals surface area contributed by atoms with E-state index in [4.69, 9.17) is 11.6 Å². The second-order valence-electron chi connectivity index (χ2n) is 5.56. The van der Waals surface area contributed by atoms with Crippen molar-refractivity contribution in [2.24, 2.45) is 0 Å². The van der Waals surface area contributed by atoms with Gasteiger partial charge in [-0.2, -0.15) is 0 Å². The van der Waals surface area contributed by atoms with Crippen LogP contribution in [0.15, 0.2) is 31.0 Å². The molecule has 3 aromatic heterocycles. The van der Waals surface area contributed by atoms with Crippen molar-refractivity contribution < 1.29 is 0 Å². The Balaban J connectivity index is 1.64. The van der Waals surface area contributed by atoms with Crippen molar-refractivity contribution in [1.82, 2.24) is 29.8 Å². The van der Waals surface area contributed by atoms with Gasteiger partial charge in [-0.3, -0.25) is 9.55 Å². The van der Waals surface area contributed by atoms with Gasteiger partial charge in [0.15, 0.2) is 5.82 Å². The number of nitrogens with zero attached hydrogens (tertiary/aromatic N) is 5. The van der Waals surface area contributed by atoms with Gasteiger partial charge in [-0.1, -0.05) is 11.6 Å². The Morgan fingerprint density at radius 1 is 1.26 bits per heavy atom. The molecule has 118 valence electrons. The zero-order chi connectivity index (χ0) is 15.6. The summed E-state index contributed by atoms with van der Waals surface area (Å²) in [6.07, 6.45) is 9.15. The molecule has 0 amide bonds. The Kier molecular flexibility index (Phi) is 3.80. The fraction of sp³-hybridized carbons (Fsp3) is 0.333. The third-order valence-corrected chi connectivity index (χ3v) is 4.12. The number of imidazole rings is 1. The smallest absolute Gasteiger partial charge is 0.159 e. The molecule has 4 rings (SSSR count). The minimum Gasteiger partial charge on any atom is -0.365 e. The molecule has 0 aliphatic carbocycles. The first kappa shape index (κ1) is 14.3. The second kappa shape index (κ2) is 6.10. The molecule has 1 aliphatic heterocycles. The Bertz CT molecular complexity index is 826. The normalized spacial score (nSPS) is 18.2. The molecule has 1 atom stereocenters. The highest BCUT2D eigenvalue weighted by Crippen LogP contribution is 2.19. The van der Waals surface area contributed by atoms with E-state index in [9.17, 15) is 0 Å². The van der Waals surface area contributed by atoms with Crippen molar-refractivity contribution in [2.75, 3.05) is 18.4 Å². The van der Waals surface area contributed by atoms with Crippen LogP contribution in [-0.4, -0.2) is 43.6 Å². The minimum atomic E-state index is 0.383. The van der Waals surface area contributed by atoms with Gasteiger partial charge >= 0.3 is 0 Å². The van der Waals surface area contributed by atoms with Gasteiger partial charge in [0, 0.05) is 18.7 Å². The summed E-state index contributed by atoms with van der Waals surface area (Å²) >= 11 is 5.90. The number of nitrogens with one attached hydrogen (secondary N) is 2. The molecule has 4 heterocycles. The number of rotatable bonds is 3. The van der Waals surface area contributed by atoms with E-state index in [0.29, 0.717) is 17.0 Å². The SMILES string of the molecule is Clc1cc2ncn(-c3cncc(N[C@@H]4CCCNC4)n3)c2cn1. The van der Waals surface area contributed by atoms with Crippen LogP contribution in [0.4, 0.5) is 5.82 Å². The maximum Gasteiger partial charge on any atom is 0.159 e. The van der Waals surface area contributed by atoms with E-state index in [2.05, 4.69) is 30.6 Å². The molecular formula is C15H16ClN7. The quantitative estimate of drug-likeness (QED) is 0.716. The van der Waals surface area contributed by atoms with E-state index in [1.165, 1.54) is 6.42 Å². The summed E-state index contributed by atoms with van der Waals surface area (Å²) in [5, 5.41) is 7.24. The summed E-state index contributed by atoms with van der Waals surface area (Å²) in [5.41, 5.74) is 1.63. The maximum absolute atomic E-state index is 5.90. The fourth-order valence-electron chi connectivity index (χ4n) is 2.79. The molecule has 3 aromatic rings. The predicted molar refractivity (Wildman–Crippen MR) is 89.0 cm³/mol. The number of pyridine rings is 1. The standard InChI is InChI=1S/C15H16ClN7/c16-13-4-11-12(6-19-13)23(9-20-11)15-8-18-7-14(22-15)21-10-2-1-3-17-5-10/h4,6-10,17H,1-3,5H2,(H,21,22)/t10-/m1/s1.